The lowest BCUT2D eigenvalue weighted by molar-refractivity contribution is -0.180. The molecule has 2 rings (SSSR count). The van der Waals surface area contributed by atoms with Gasteiger partial charge in [0.1, 0.15) is 18.2 Å². The van der Waals surface area contributed by atoms with Gasteiger partial charge in [0.25, 0.3) is 5.56 Å². The van der Waals surface area contributed by atoms with E-state index in [4.69, 9.17) is 14.3 Å². The fraction of sp³-hybridized carbons (Fsp3) is 0.455. The number of aromatic amines is 1. The number of halogens is 1. The lowest BCUT2D eigenvalue weighted by Crippen LogP contribution is -2.37. The summed E-state index contributed by atoms with van der Waals surface area (Å²) in [6, 6.07) is 0. The summed E-state index contributed by atoms with van der Waals surface area (Å²) in [4.78, 5) is 24.8. The first kappa shape index (κ1) is 10.9. The van der Waals surface area contributed by atoms with Crippen LogP contribution in [0.2, 0.25) is 0 Å². The quantitative estimate of drug-likeness (QED) is 0.566. The minimum Gasteiger partial charge on any atom is -0.390 e. The summed E-state index contributed by atoms with van der Waals surface area (Å²) < 4.78 is 33.4. The molecule has 0 spiro atoms. The molecule has 1 aliphatic rings. The third-order valence-corrected chi connectivity index (χ3v) is 2.67. The minimum atomic E-state index is -3.39. The molecule has 3 atom stereocenters. The number of alkyl halides is 1. The molecule has 1 aromatic rings. The number of aliphatic hydroxyl groups is 2. The Hall–Kier alpha value is -1.95. The molecular weight excluding hydrogens is 259 g/mol. The maximum Gasteiger partial charge on any atom is 0.330 e. The van der Waals surface area contributed by atoms with Crippen LogP contribution in [-0.4, -0.2) is 38.3 Å². The summed E-state index contributed by atoms with van der Waals surface area (Å²) in [5.41, 5.74) is -2.12. The van der Waals surface area contributed by atoms with Crippen molar-refractivity contribution in [2.75, 3.05) is 6.56 Å². The number of nitrogens with one attached hydrogen (secondary N) is 1. The van der Waals surface area contributed by atoms with Gasteiger partial charge < -0.3 is 14.9 Å². The van der Waals surface area contributed by atoms with E-state index in [0.717, 1.165) is 6.20 Å². The van der Waals surface area contributed by atoms with Gasteiger partial charge in [-0.05, 0) is 0 Å². The van der Waals surface area contributed by atoms with Crippen LogP contribution in [-0.2, 0) is 4.74 Å². The summed E-state index contributed by atoms with van der Waals surface area (Å²) in [7, 11) is 0. The predicted molar refractivity (Wildman–Crippen MR) is 60.9 cm³/mol. The Morgan fingerprint density at radius 3 is 3.00 bits per heavy atom. The van der Waals surface area contributed by atoms with Crippen LogP contribution >= 0.6 is 0 Å². The molecular formula is C11H11FN2O5. The summed E-state index contributed by atoms with van der Waals surface area (Å²) in [5.74, 6) is -1.21. The SMILES string of the molecule is [2H]C([2H])(O)[C@]1(F)C[C@@H](O)[C@H](n2cc(C#C)c(=O)[nH]c2=O)O1. The Morgan fingerprint density at radius 1 is 1.79 bits per heavy atom. The van der Waals surface area contributed by atoms with Gasteiger partial charge in [-0.1, -0.05) is 5.92 Å². The van der Waals surface area contributed by atoms with Gasteiger partial charge in [0.2, 0.25) is 5.85 Å². The molecule has 2 heterocycles. The molecule has 3 N–H and O–H groups in total. The fourth-order valence-corrected chi connectivity index (χ4v) is 1.78. The topological polar surface area (TPSA) is 105 Å². The van der Waals surface area contributed by atoms with Crippen molar-refractivity contribution in [1.29, 1.82) is 0 Å². The first-order chi connectivity index (χ1) is 9.59. The lowest BCUT2D eigenvalue weighted by atomic mass is 10.2. The van der Waals surface area contributed by atoms with E-state index >= 15 is 0 Å². The van der Waals surface area contributed by atoms with E-state index in [2.05, 4.69) is 4.74 Å². The molecule has 0 radical (unpaired) electrons. The highest BCUT2D eigenvalue weighted by Crippen LogP contribution is 2.36. The van der Waals surface area contributed by atoms with Gasteiger partial charge in [0.05, 0.1) is 2.74 Å². The van der Waals surface area contributed by atoms with Gasteiger partial charge in [0, 0.05) is 12.6 Å². The molecule has 0 bridgehead atoms. The molecule has 102 valence electrons. The second kappa shape index (κ2) is 4.62. The molecule has 1 aromatic heterocycles. The molecule has 1 aliphatic heterocycles. The number of ether oxygens (including phenoxy) is 1. The minimum absolute atomic E-state index is 0.256. The van der Waals surface area contributed by atoms with Gasteiger partial charge in [-0.25, -0.2) is 9.18 Å². The molecule has 0 saturated carbocycles. The second-order valence-electron chi connectivity index (χ2n) is 3.97. The van der Waals surface area contributed by atoms with Crippen molar-refractivity contribution in [2.45, 2.75) is 24.6 Å². The van der Waals surface area contributed by atoms with E-state index in [1.54, 1.807) is 0 Å². The number of terminal acetylenes is 1. The third kappa shape index (κ3) is 2.31. The largest absolute Gasteiger partial charge is 0.390 e. The monoisotopic (exact) mass is 272 g/mol. The molecule has 0 aliphatic carbocycles. The summed E-state index contributed by atoms with van der Waals surface area (Å²) in [6.45, 7) is -3.39. The number of hydrogen-bond donors (Lipinski definition) is 3. The highest BCUT2D eigenvalue weighted by atomic mass is 19.2. The highest BCUT2D eigenvalue weighted by Gasteiger charge is 2.47. The smallest absolute Gasteiger partial charge is 0.330 e. The van der Waals surface area contributed by atoms with E-state index in [0.29, 0.717) is 4.57 Å². The van der Waals surface area contributed by atoms with Crippen LogP contribution in [0.5, 0.6) is 0 Å². The number of aromatic nitrogens is 2. The van der Waals surface area contributed by atoms with E-state index in [1.807, 2.05) is 10.9 Å². The van der Waals surface area contributed by atoms with Crippen molar-refractivity contribution in [3.8, 4) is 12.3 Å². The van der Waals surface area contributed by atoms with Gasteiger partial charge in [-0.2, -0.15) is 0 Å². The maximum absolute atomic E-state index is 14.2. The van der Waals surface area contributed by atoms with Crippen molar-refractivity contribution < 1.29 is 22.1 Å². The van der Waals surface area contributed by atoms with E-state index < -0.39 is 42.4 Å². The molecule has 19 heavy (non-hydrogen) atoms. The van der Waals surface area contributed by atoms with E-state index in [-0.39, 0.29) is 5.56 Å². The van der Waals surface area contributed by atoms with Crippen LogP contribution in [0.15, 0.2) is 15.8 Å². The van der Waals surface area contributed by atoms with Crippen LogP contribution in [0.1, 0.15) is 21.0 Å². The Bertz CT molecular complexity index is 719. The molecule has 0 amide bonds. The van der Waals surface area contributed by atoms with Crippen LogP contribution < -0.4 is 11.2 Å². The molecule has 8 heteroatoms. The van der Waals surface area contributed by atoms with Crippen LogP contribution in [0, 0.1) is 12.3 Å². The Labute approximate surface area is 109 Å². The Balaban J connectivity index is 2.48. The number of aliphatic hydroxyl groups excluding tert-OH is 1. The second-order valence-corrected chi connectivity index (χ2v) is 3.97. The van der Waals surface area contributed by atoms with Crippen LogP contribution in [0.25, 0.3) is 0 Å². The van der Waals surface area contributed by atoms with E-state index in [1.165, 1.54) is 0 Å². The van der Waals surface area contributed by atoms with Gasteiger partial charge in [0.15, 0.2) is 6.23 Å². The van der Waals surface area contributed by atoms with Crippen LogP contribution in [0.4, 0.5) is 4.39 Å². The zero-order valence-electron chi connectivity index (χ0n) is 11.5. The van der Waals surface area contributed by atoms with Gasteiger partial charge >= 0.3 is 5.69 Å². The normalized spacial score (nSPS) is 32.5. The number of H-pyrrole nitrogens is 1. The van der Waals surface area contributed by atoms with E-state index in [9.17, 15) is 19.1 Å². The van der Waals surface area contributed by atoms with Crippen molar-refractivity contribution in [3.63, 3.8) is 0 Å². The molecule has 0 unspecified atom stereocenters. The van der Waals surface area contributed by atoms with Crippen molar-refractivity contribution in [1.82, 2.24) is 9.55 Å². The summed E-state index contributed by atoms with van der Waals surface area (Å²) >= 11 is 0. The third-order valence-electron chi connectivity index (χ3n) is 2.67. The number of nitrogens with zero attached hydrogens (tertiary/aromatic N) is 1. The Morgan fingerprint density at radius 2 is 2.47 bits per heavy atom. The average Bonchev–Trinajstić information content (AvgIpc) is 2.66. The predicted octanol–water partition coefficient (Wildman–Crippen LogP) is -1.54. The molecule has 1 fully saturated rings. The molecule has 1 saturated heterocycles. The van der Waals surface area contributed by atoms with Gasteiger partial charge in [-0.15, -0.1) is 6.42 Å². The standard InChI is InChI=1S/C11H11FN2O5/c1-2-6-4-14(10(18)13-8(6)17)9-7(16)3-11(12,5-15)19-9/h1,4,7,9,15-16H,3,5H2,(H,13,17,18)/t7-,9-,11+/m1/s1/i5D2. The number of rotatable bonds is 2. The lowest BCUT2D eigenvalue weighted by Gasteiger charge is -2.19. The Kier molecular flexibility index (Phi) is 2.66. The number of hydrogen-bond acceptors (Lipinski definition) is 5. The first-order valence-electron chi connectivity index (χ1n) is 6.18. The fourth-order valence-electron chi connectivity index (χ4n) is 1.78. The van der Waals surface area contributed by atoms with Crippen molar-refractivity contribution >= 4 is 0 Å². The van der Waals surface area contributed by atoms with Crippen LogP contribution in [0.3, 0.4) is 0 Å². The zero-order chi connectivity index (χ0) is 16.0. The molecule has 0 aromatic carbocycles. The zero-order valence-corrected chi connectivity index (χ0v) is 9.46. The van der Waals surface area contributed by atoms with Gasteiger partial charge in [-0.3, -0.25) is 14.3 Å². The molecule has 7 nitrogen and oxygen atoms in total. The van der Waals surface area contributed by atoms with Crippen molar-refractivity contribution in [2.24, 2.45) is 0 Å². The van der Waals surface area contributed by atoms with Crippen molar-refractivity contribution in [3.05, 3.63) is 32.6 Å². The highest BCUT2D eigenvalue weighted by molar-refractivity contribution is 5.26. The first-order valence-corrected chi connectivity index (χ1v) is 5.18. The summed E-state index contributed by atoms with van der Waals surface area (Å²) in [6.07, 6.45) is 1.76. The summed E-state index contributed by atoms with van der Waals surface area (Å²) in [5, 5.41) is 18.9. The maximum atomic E-state index is 14.2. The average molecular weight is 272 g/mol.